The van der Waals surface area contributed by atoms with Crippen molar-refractivity contribution in [3.05, 3.63) is 59.7 Å². The fourth-order valence-electron chi connectivity index (χ4n) is 3.67. The monoisotopic (exact) mass is 366 g/mol. The predicted octanol–water partition coefficient (Wildman–Crippen LogP) is 6.73. The fourth-order valence-corrected chi connectivity index (χ4v) is 3.67. The van der Waals surface area contributed by atoms with Crippen LogP contribution in [-0.4, -0.2) is 19.3 Å². The van der Waals surface area contributed by atoms with Crippen LogP contribution in [0.2, 0.25) is 0 Å². The molecule has 0 aliphatic carbocycles. The minimum Gasteiger partial charge on any atom is -0.373 e. The lowest BCUT2D eigenvalue weighted by Gasteiger charge is -2.30. The van der Waals surface area contributed by atoms with Crippen LogP contribution in [0, 0.1) is 0 Å². The van der Waals surface area contributed by atoms with E-state index in [1.165, 1.54) is 60.8 Å². The maximum atomic E-state index is 6.06. The Labute approximate surface area is 164 Å². The van der Waals surface area contributed by atoms with Gasteiger partial charge in [-0.1, -0.05) is 88.1 Å². The van der Waals surface area contributed by atoms with Crippen molar-refractivity contribution in [2.75, 3.05) is 13.2 Å². The maximum absolute atomic E-state index is 6.06. The Hall–Kier alpha value is -1.64. The lowest BCUT2D eigenvalue weighted by Crippen LogP contribution is -2.31. The van der Waals surface area contributed by atoms with Gasteiger partial charge in [-0.15, -0.1) is 0 Å². The van der Waals surface area contributed by atoms with Gasteiger partial charge in [-0.3, -0.25) is 0 Å². The molecule has 2 aromatic carbocycles. The van der Waals surface area contributed by atoms with Crippen LogP contribution in [-0.2, 0) is 15.9 Å². The minimum atomic E-state index is 0.0675. The summed E-state index contributed by atoms with van der Waals surface area (Å²) in [5.74, 6) is 0. The first-order valence-corrected chi connectivity index (χ1v) is 10.7. The van der Waals surface area contributed by atoms with Crippen molar-refractivity contribution in [3.8, 4) is 11.1 Å². The molecule has 2 aromatic rings. The van der Waals surface area contributed by atoms with Crippen molar-refractivity contribution >= 4 is 0 Å². The van der Waals surface area contributed by atoms with Gasteiger partial charge in [-0.05, 0) is 41.5 Å². The van der Waals surface area contributed by atoms with Gasteiger partial charge < -0.3 is 9.47 Å². The van der Waals surface area contributed by atoms with Gasteiger partial charge in [0, 0.05) is 0 Å². The highest BCUT2D eigenvalue weighted by Gasteiger charge is 2.23. The van der Waals surface area contributed by atoms with Crippen LogP contribution in [0.1, 0.15) is 69.6 Å². The van der Waals surface area contributed by atoms with Gasteiger partial charge in [-0.25, -0.2) is 0 Å². The highest BCUT2D eigenvalue weighted by molar-refractivity contribution is 5.64. The van der Waals surface area contributed by atoms with E-state index in [2.05, 4.69) is 62.4 Å². The summed E-state index contributed by atoms with van der Waals surface area (Å²) in [5, 5.41) is 0. The minimum absolute atomic E-state index is 0.0675. The molecule has 0 aromatic heterocycles. The van der Waals surface area contributed by atoms with Crippen LogP contribution in [0.15, 0.2) is 48.5 Å². The smallest absolute Gasteiger partial charge is 0.106 e. The van der Waals surface area contributed by atoms with Crippen molar-refractivity contribution < 1.29 is 9.47 Å². The Morgan fingerprint density at radius 3 is 2.00 bits per heavy atom. The summed E-state index contributed by atoms with van der Waals surface area (Å²) < 4.78 is 12.0. The van der Waals surface area contributed by atoms with E-state index in [-0.39, 0.29) is 12.2 Å². The number of hydrogen-bond donors (Lipinski definition) is 0. The average Bonchev–Trinajstić information content (AvgIpc) is 2.73. The first-order chi connectivity index (χ1) is 13.3. The molecule has 0 bridgehead atoms. The topological polar surface area (TPSA) is 18.5 Å². The largest absolute Gasteiger partial charge is 0.373 e. The molecule has 0 N–H and O–H groups in total. The molecular formula is C25H34O2. The molecule has 146 valence electrons. The third-order valence-corrected chi connectivity index (χ3v) is 5.48. The quantitative estimate of drug-likeness (QED) is 0.458. The molecule has 0 radical (unpaired) electrons. The second kappa shape index (κ2) is 10.6. The van der Waals surface area contributed by atoms with Gasteiger partial charge in [0.2, 0.25) is 0 Å². The van der Waals surface area contributed by atoms with Gasteiger partial charge >= 0.3 is 0 Å². The zero-order valence-corrected chi connectivity index (χ0v) is 17.0. The molecule has 1 heterocycles. The number of benzene rings is 2. The van der Waals surface area contributed by atoms with E-state index in [4.69, 9.17) is 9.47 Å². The highest BCUT2D eigenvalue weighted by Crippen LogP contribution is 2.27. The molecule has 2 atom stereocenters. The molecule has 1 aliphatic heterocycles. The molecule has 0 amide bonds. The molecule has 1 saturated heterocycles. The molecule has 2 heteroatoms. The van der Waals surface area contributed by atoms with Crippen LogP contribution >= 0.6 is 0 Å². The second-order valence-electron chi connectivity index (χ2n) is 7.70. The van der Waals surface area contributed by atoms with E-state index in [1.54, 1.807) is 0 Å². The fraction of sp³-hybridized carbons (Fsp3) is 0.520. The molecule has 3 rings (SSSR count). The van der Waals surface area contributed by atoms with Gasteiger partial charge in [-0.2, -0.15) is 0 Å². The highest BCUT2D eigenvalue weighted by atomic mass is 16.6. The molecule has 1 fully saturated rings. The van der Waals surface area contributed by atoms with Crippen LogP contribution in [0.3, 0.4) is 0 Å². The third kappa shape index (κ3) is 5.92. The van der Waals surface area contributed by atoms with Gasteiger partial charge in [0.25, 0.3) is 0 Å². The summed E-state index contributed by atoms with van der Waals surface area (Å²) in [6.07, 6.45) is 8.94. The Balaban J connectivity index is 1.54. The van der Waals surface area contributed by atoms with Gasteiger partial charge in [0.05, 0.1) is 19.3 Å². The second-order valence-corrected chi connectivity index (χ2v) is 7.70. The SMILES string of the molecule is CCCCCc1ccc(-c2ccc(C3COC(CCCC)CO3)cc2)cc1. The molecule has 2 nitrogen and oxygen atoms in total. The summed E-state index contributed by atoms with van der Waals surface area (Å²) in [7, 11) is 0. The summed E-state index contributed by atoms with van der Waals surface area (Å²) in [4.78, 5) is 0. The Kier molecular flexibility index (Phi) is 7.92. The molecule has 0 spiro atoms. The molecule has 1 aliphatic rings. The Morgan fingerprint density at radius 1 is 0.741 bits per heavy atom. The molecule has 27 heavy (non-hydrogen) atoms. The van der Waals surface area contributed by atoms with E-state index >= 15 is 0 Å². The third-order valence-electron chi connectivity index (χ3n) is 5.48. The number of unbranched alkanes of at least 4 members (excludes halogenated alkanes) is 3. The van der Waals surface area contributed by atoms with Crippen LogP contribution < -0.4 is 0 Å². The number of aryl methyl sites for hydroxylation is 1. The van der Waals surface area contributed by atoms with Crippen molar-refractivity contribution in [3.63, 3.8) is 0 Å². The first kappa shape index (κ1) is 20.1. The number of rotatable bonds is 9. The van der Waals surface area contributed by atoms with E-state index in [9.17, 15) is 0 Å². The van der Waals surface area contributed by atoms with Crippen LogP contribution in [0.5, 0.6) is 0 Å². The molecular weight excluding hydrogens is 332 g/mol. The first-order valence-electron chi connectivity index (χ1n) is 10.7. The van der Waals surface area contributed by atoms with E-state index in [0.717, 1.165) is 6.42 Å². The normalized spacial score (nSPS) is 19.9. The van der Waals surface area contributed by atoms with Crippen molar-refractivity contribution in [2.45, 2.75) is 71.0 Å². The van der Waals surface area contributed by atoms with Crippen molar-refractivity contribution in [1.82, 2.24) is 0 Å². The summed E-state index contributed by atoms with van der Waals surface area (Å²) >= 11 is 0. The molecule has 2 unspecified atom stereocenters. The van der Waals surface area contributed by atoms with Gasteiger partial charge in [0.15, 0.2) is 0 Å². The number of ether oxygens (including phenoxy) is 2. The summed E-state index contributed by atoms with van der Waals surface area (Å²) in [5.41, 5.74) is 5.19. The maximum Gasteiger partial charge on any atom is 0.106 e. The van der Waals surface area contributed by atoms with E-state index in [1.807, 2.05) is 0 Å². The number of hydrogen-bond acceptors (Lipinski definition) is 2. The Morgan fingerprint density at radius 2 is 1.41 bits per heavy atom. The lowest BCUT2D eigenvalue weighted by molar-refractivity contribution is -0.137. The predicted molar refractivity (Wildman–Crippen MR) is 113 cm³/mol. The van der Waals surface area contributed by atoms with Crippen LogP contribution in [0.4, 0.5) is 0 Å². The van der Waals surface area contributed by atoms with E-state index in [0.29, 0.717) is 13.2 Å². The van der Waals surface area contributed by atoms with Crippen molar-refractivity contribution in [2.24, 2.45) is 0 Å². The zero-order valence-electron chi connectivity index (χ0n) is 17.0. The standard InChI is InChI=1S/C25H34O2/c1-3-5-7-8-20-10-12-21(13-11-20)22-14-16-23(17-15-22)25-19-26-24(18-27-25)9-6-4-2/h10-17,24-25H,3-9,18-19H2,1-2H3. The zero-order chi connectivity index (χ0) is 18.9. The molecule has 0 saturated carbocycles. The van der Waals surface area contributed by atoms with E-state index < -0.39 is 0 Å². The van der Waals surface area contributed by atoms with Gasteiger partial charge in [0.1, 0.15) is 6.10 Å². The summed E-state index contributed by atoms with van der Waals surface area (Å²) in [6.45, 7) is 5.85. The van der Waals surface area contributed by atoms with Crippen molar-refractivity contribution in [1.29, 1.82) is 0 Å². The average molecular weight is 367 g/mol. The summed E-state index contributed by atoms with van der Waals surface area (Å²) in [6, 6.07) is 17.8. The Bertz CT molecular complexity index is 652. The van der Waals surface area contributed by atoms with Crippen LogP contribution in [0.25, 0.3) is 11.1 Å². The lowest BCUT2D eigenvalue weighted by atomic mass is 9.99.